The summed E-state index contributed by atoms with van der Waals surface area (Å²) in [5.41, 5.74) is 1.17. The monoisotopic (exact) mass is 330 g/mol. The van der Waals surface area contributed by atoms with Crippen molar-refractivity contribution in [1.82, 2.24) is 20.4 Å². The minimum atomic E-state index is -0.406. The van der Waals surface area contributed by atoms with Gasteiger partial charge in [-0.3, -0.25) is 4.79 Å². The molecule has 0 bridgehead atoms. The number of aromatic nitrogens is 3. The Morgan fingerprint density at radius 1 is 1.33 bits per heavy atom. The van der Waals surface area contributed by atoms with Crippen LogP contribution < -0.4 is 5.32 Å². The fourth-order valence-electron chi connectivity index (χ4n) is 2.68. The van der Waals surface area contributed by atoms with Crippen LogP contribution in [0.25, 0.3) is 0 Å². The number of amides is 1. The Morgan fingerprint density at radius 3 is 2.75 bits per heavy atom. The van der Waals surface area contributed by atoms with Gasteiger partial charge in [0.25, 0.3) is 5.91 Å². The first-order valence-corrected chi connectivity index (χ1v) is 8.30. The molecule has 128 valence electrons. The largest absolute Gasteiger partial charge is 0.367 e. The summed E-state index contributed by atoms with van der Waals surface area (Å²) in [5, 5.41) is 6.58. The Balaban J connectivity index is 1.59. The van der Waals surface area contributed by atoms with Crippen molar-refractivity contribution >= 4 is 5.91 Å². The van der Waals surface area contributed by atoms with Gasteiger partial charge in [0.05, 0.1) is 5.69 Å². The lowest BCUT2D eigenvalue weighted by Gasteiger charge is -2.32. The minimum absolute atomic E-state index is 0.215. The zero-order valence-corrected chi connectivity index (χ0v) is 14.0. The lowest BCUT2D eigenvalue weighted by Crippen LogP contribution is -2.32. The van der Waals surface area contributed by atoms with Gasteiger partial charge in [0, 0.05) is 37.2 Å². The van der Waals surface area contributed by atoms with Crippen LogP contribution in [-0.4, -0.2) is 27.6 Å². The zero-order chi connectivity index (χ0) is 17.0. The van der Waals surface area contributed by atoms with Crippen LogP contribution in [0.3, 0.4) is 0 Å². The van der Waals surface area contributed by atoms with E-state index in [0.29, 0.717) is 12.4 Å². The average molecular weight is 330 g/mol. The van der Waals surface area contributed by atoms with Gasteiger partial charge >= 0.3 is 0 Å². The second-order valence-electron chi connectivity index (χ2n) is 6.17. The number of carbonyl (C=O) groups excluding carboxylic acids is 1. The van der Waals surface area contributed by atoms with E-state index in [-0.39, 0.29) is 11.7 Å². The predicted octanol–water partition coefficient (Wildman–Crippen LogP) is 2.37. The van der Waals surface area contributed by atoms with Gasteiger partial charge in [0.2, 0.25) is 5.76 Å². The molecule has 0 spiro atoms. The molecule has 7 heteroatoms. The Hall–Kier alpha value is -2.28. The second-order valence-corrected chi connectivity index (χ2v) is 6.17. The fourth-order valence-corrected chi connectivity index (χ4v) is 2.68. The number of nitrogens with one attached hydrogen (secondary N) is 1. The molecule has 1 amide bonds. The highest BCUT2D eigenvalue weighted by molar-refractivity contribution is 5.91. The highest BCUT2D eigenvalue weighted by atomic mass is 16.5. The third-order valence-electron chi connectivity index (χ3n) is 4.25. The Morgan fingerprint density at radius 2 is 2.12 bits per heavy atom. The summed E-state index contributed by atoms with van der Waals surface area (Å²) in [6, 6.07) is 1.65. The van der Waals surface area contributed by atoms with Gasteiger partial charge in [0.1, 0.15) is 5.60 Å². The van der Waals surface area contributed by atoms with Gasteiger partial charge in [-0.25, -0.2) is 9.97 Å². The van der Waals surface area contributed by atoms with E-state index in [1.54, 1.807) is 18.5 Å². The molecule has 0 saturated carbocycles. The van der Waals surface area contributed by atoms with Crippen molar-refractivity contribution in [3.05, 3.63) is 41.3 Å². The number of rotatable bonds is 5. The predicted molar refractivity (Wildman–Crippen MR) is 86.2 cm³/mol. The van der Waals surface area contributed by atoms with Crippen LogP contribution in [-0.2, 0) is 23.3 Å². The van der Waals surface area contributed by atoms with Crippen LogP contribution >= 0.6 is 0 Å². The van der Waals surface area contributed by atoms with Crippen molar-refractivity contribution in [3.63, 3.8) is 0 Å². The number of ether oxygens (including phenoxy) is 1. The van der Waals surface area contributed by atoms with Crippen molar-refractivity contribution in [2.24, 2.45) is 0 Å². The van der Waals surface area contributed by atoms with Crippen LogP contribution in [0.4, 0.5) is 0 Å². The van der Waals surface area contributed by atoms with Gasteiger partial charge in [-0.2, -0.15) is 0 Å². The quantitative estimate of drug-likeness (QED) is 0.905. The van der Waals surface area contributed by atoms with Crippen molar-refractivity contribution in [2.75, 3.05) is 6.61 Å². The van der Waals surface area contributed by atoms with Crippen molar-refractivity contribution in [2.45, 2.75) is 51.7 Å². The summed E-state index contributed by atoms with van der Waals surface area (Å²) < 4.78 is 10.9. The number of hydrogen-bond acceptors (Lipinski definition) is 6. The molecule has 3 heterocycles. The van der Waals surface area contributed by atoms with Crippen molar-refractivity contribution in [3.8, 4) is 0 Å². The molecule has 0 unspecified atom stereocenters. The molecule has 1 N–H and O–H groups in total. The van der Waals surface area contributed by atoms with Gasteiger partial charge in [-0.1, -0.05) is 12.1 Å². The molecule has 1 saturated heterocycles. The van der Waals surface area contributed by atoms with Gasteiger partial charge in [0.15, 0.2) is 5.82 Å². The fraction of sp³-hybridized carbons (Fsp3) is 0.529. The molecule has 0 radical (unpaired) electrons. The van der Waals surface area contributed by atoms with Crippen LogP contribution in [0.5, 0.6) is 0 Å². The van der Waals surface area contributed by atoms with E-state index in [4.69, 9.17) is 9.26 Å². The molecular formula is C17H22N4O3. The van der Waals surface area contributed by atoms with Crippen LogP contribution in [0.15, 0.2) is 23.0 Å². The molecule has 1 aliphatic rings. The van der Waals surface area contributed by atoms with Crippen molar-refractivity contribution in [1.29, 1.82) is 0 Å². The summed E-state index contributed by atoms with van der Waals surface area (Å²) in [6.45, 7) is 5.06. The van der Waals surface area contributed by atoms with E-state index in [0.717, 1.165) is 43.5 Å². The Kier molecular flexibility index (Phi) is 4.89. The lowest BCUT2D eigenvalue weighted by atomic mass is 9.95. The lowest BCUT2D eigenvalue weighted by molar-refractivity contribution is -0.0760. The van der Waals surface area contributed by atoms with E-state index in [1.807, 2.05) is 13.8 Å². The third kappa shape index (κ3) is 3.62. The van der Waals surface area contributed by atoms with E-state index in [1.165, 1.54) is 0 Å². The topological polar surface area (TPSA) is 90.1 Å². The van der Waals surface area contributed by atoms with Gasteiger partial charge in [-0.05, 0) is 32.6 Å². The van der Waals surface area contributed by atoms with Crippen molar-refractivity contribution < 1.29 is 14.1 Å². The molecule has 24 heavy (non-hydrogen) atoms. The molecule has 1 atom stereocenters. The maximum atomic E-state index is 12.0. The standard InChI is InChI=1S/C17H22N4O3/c1-3-13-8-14(24-21-13)15(22)18-9-12-10-19-16(20-11-12)17(2)6-4-5-7-23-17/h8,10-11H,3-7,9H2,1-2H3,(H,18,22)/t17-/m1/s1. The first kappa shape index (κ1) is 16.6. The number of nitrogens with zero attached hydrogens (tertiary/aromatic N) is 3. The van der Waals surface area contributed by atoms with E-state index >= 15 is 0 Å². The average Bonchev–Trinajstić information content (AvgIpc) is 3.10. The summed E-state index contributed by atoms with van der Waals surface area (Å²) >= 11 is 0. The first-order valence-electron chi connectivity index (χ1n) is 8.30. The minimum Gasteiger partial charge on any atom is -0.367 e. The molecule has 0 aliphatic carbocycles. The van der Waals surface area contributed by atoms with Gasteiger partial charge < -0.3 is 14.6 Å². The maximum absolute atomic E-state index is 12.0. The van der Waals surface area contributed by atoms with E-state index < -0.39 is 5.60 Å². The summed E-state index contributed by atoms with van der Waals surface area (Å²) in [4.78, 5) is 20.8. The summed E-state index contributed by atoms with van der Waals surface area (Å²) in [6.07, 6.45) is 7.31. The van der Waals surface area contributed by atoms with E-state index in [2.05, 4.69) is 20.4 Å². The second kappa shape index (κ2) is 7.09. The van der Waals surface area contributed by atoms with Crippen LogP contribution in [0, 0.1) is 0 Å². The van der Waals surface area contributed by atoms with Crippen LogP contribution in [0.1, 0.15) is 60.7 Å². The summed E-state index contributed by atoms with van der Waals surface area (Å²) in [5.74, 6) is 0.612. The smallest absolute Gasteiger partial charge is 0.290 e. The Bertz CT molecular complexity index is 690. The normalized spacial score (nSPS) is 20.8. The molecule has 2 aromatic rings. The molecule has 2 aromatic heterocycles. The van der Waals surface area contributed by atoms with Crippen LogP contribution in [0.2, 0.25) is 0 Å². The highest BCUT2D eigenvalue weighted by Crippen LogP contribution is 2.32. The molecule has 0 aromatic carbocycles. The third-order valence-corrected chi connectivity index (χ3v) is 4.25. The molecule has 7 nitrogen and oxygen atoms in total. The molecule has 1 fully saturated rings. The highest BCUT2D eigenvalue weighted by Gasteiger charge is 2.32. The zero-order valence-electron chi connectivity index (χ0n) is 14.0. The van der Waals surface area contributed by atoms with Gasteiger partial charge in [-0.15, -0.1) is 0 Å². The first-order chi connectivity index (χ1) is 11.6. The molecule has 1 aliphatic heterocycles. The SMILES string of the molecule is CCc1cc(C(=O)NCc2cnc([C@@]3(C)CCCCO3)nc2)on1. The molecular weight excluding hydrogens is 308 g/mol. The number of hydrogen-bond donors (Lipinski definition) is 1. The Labute approximate surface area is 140 Å². The summed E-state index contributed by atoms with van der Waals surface area (Å²) in [7, 11) is 0. The molecule has 3 rings (SSSR count). The maximum Gasteiger partial charge on any atom is 0.290 e. The van der Waals surface area contributed by atoms with E-state index in [9.17, 15) is 4.79 Å². The number of carbonyl (C=O) groups is 1. The number of aryl methyl sites for hydroxylation is 1.